The van der Waals surface area contributed by atoms with Gasteiger partial charge >= 0.3 is 0 Å². The Bertz CT molecular complexity index is 805. The Morgan fingerprint density at radius 2 is 1.79 bits per heavy atom. The largest absolute Gasteiger partial charge is 0.391 e. The summed E-state index contributed by atoms with van der Waals surface area (Å²) >= 11 is 0. The van der Waals surface area contributed by atoms with Gasteiger partial charge in [0.1, 0.15) is 18.5 Å². The van der Waals surface area contributed by atoms with Crippen LogP contribution in [0.5, 0.6) is 0 Å². The average molecular weight is 384 g/mol. The molecule has 2 aliphatic heterocycles. The summed E-state index contributed by atoms with van der Waals surface area (Å²) in [6, 6.07) is 2.13. The van der Waals surface area contributed by atoms with Gasteiger partial charge in [0.05, 0.1) is 12.1 Å². The fourth-order valence-corrected chi connectivity index (χ4v) is 5.20. The lowest BCUT2D eigenvalue weighted by molar-refractivity contribution is 0.0305. The van der Waals surface area contributed by atoms with Crippen molar-refractivity contribution in [1.29, 1.82) is 0 Å². The lowest BCUT2D eigenvalue weighted by atomic mass is 9.77. The third kappa shape index (κ3) is 3.34. The van der Waals surface area contributed by atoms with E-state index in [0.717, 1.165) is 56.5 Å². The third-order valence-corrected chi connectivity index (χ3v) is 6.68. The van der Waals surface area contributed by atoms with Crippen LogP contribution in [-0.2, 0) is 0 Å². The van der Waals surface area contributed by atoms with Crippen LogP contribution < -0.4 is 9.80 Å². The van der Waals surface area contributed by atoms with Crippen molar-refractivity contribution in [1.82, 2.24) is 24.7 Å². The van der Waals surface area contributed by atoms with Gasteiger partial charge in [-0.05, 0) is 50.9 Å². The standard InChI is InChI=1S/C20H29N7O/c1-14-7-19(24-20(23-14)25-5-3-2-4-6-25)26-10-15-8-17(27-13-21-12-22-27)18(28)9-16(15)11-26/h7,12-13,15-18,28H,2-6,8-11H2,1H3/t15-,16+,17-,18-/m1/s1. The van der Waals surface area contributed by atoms with Gasteiger partial charge in [-0.3, -0.25) is 0 Å². The summed E-state index contributed by atoms with van der Waals surface area (Å²) in [6.07, 6.45) is 8.41. The molecule has 3 aliphatic rings. The van der Waals surface area contributed by atoms with Gasteiger partial charge in [0.2, 0.25) is 5.95 Å². The van der Waals surface area contributed by atoms with Crippen LogP contribution in [0.4, 0.5) is 11.8 Å². The molecule has 28 heavy (non-hydrogen) atoms. The van der Waals surface area contributed by atoms with Crippen LogP contribution in [0.15, 0.2) is 18.7 Å². The minimum absolute atomic E-state index is 0.0275. The maximum atomic E-state index is 10.7. The van der Waals surface area contributed by atoms with Crippen molar-refractivity contribution in [2.75, 3.05) is 36.0 Å². The number of aryl methyl sites for hydroxylation is 1. The van der Waals surface area contributed by atoms with Gasteiger partial charge < -0.3 is 14.9 Å². The lowest BCUT2D eigenvalue weighted by Crippen LogP contribution is -2.36. The topological polar surface area (TPSA) is 83.2 Å². The predicted molar refractivity (Wildman–Crippen MR) is 106 cm³/mol. The number of rotatable bonds is 3. The molecule has 1 aliphatic carbocycles. The summed E-state index contributed by atoms with van der Waals surface area (Å²) in [7, 11) is 0. The van der Waals surface area contributed by atoms with E-state index in [-0.39, 0.29) is 12.1 Å². The van der Waals surface area contributed by atoms with Crippen molar-refractivity contribution in [3.63, 3.8) is 0 Å². The summed E-state index contributed by atoms with van der Waals surface area (Å²) < 4.78 is 1.83. The molecule has 5 rings (SSSR count). The maximum absolute atomic E-state index is 10.7. The highest BCUT2D eigenvalue weighted by molar-refractivity contribution is 5.47. The molecule has 1 saturated carbocycles. The van der Waals surface area contributed by atoms with Crippen LogP contribution >= 0.6 is 0 Å². The average Bonchev–Trinajstić information content (AvgIpc) is 3.37. The van der Waals surface area contributed by atoms with E-state index in [1.165, 1.54) is 19.3 Å². The molecule has 1 N–H and O–H groups in total. The van der Waals surface area contributed by atoms with Gasteiger partial charge in [-0.1, -0.05) is 0 Å². The predicted octanol–water partition coefficient (Wildman–Crippen LogP) is 1.82. The van der Waals surface area contributed by atoms with Crippen molar-refractivity contribution in [3.8, 4) is 0 Å². The highest BCUT2D eigenvalue weighted by atomic mass is 16.3. The molecule has 8 nitrogen and oxygen atoms in total. The molecule has 2 saturated heterocycles. The molecule has 2 aromatic heterocycles. The number of aliphatic hydroxyl groups excluding tert-OH is 1. The van der Waals surface area contributed by atoms with Crippen LogP contribution in [-0.4, -0.2) is 62.1 Å². The zero-order chi connectivity index (χ0) is 19.1. The Labute approximate surface area is 165 Å². The Morgan fingerprint density at radius 1 is 1.00 bits per heavy atom. The highest BCUT2D eigenvalue weighted by Crippen LogP contribution is 2.42. The molecule has 8 heteroatoms. The van der Waals surface area contributed by atoms with E-state index in [9.17, 15) is 5.11 Å². The summed E-state index contributed by atoms with van der Waals surface area (Å²) in [4.78, 5) is 18.4. The second-order valence-electron chi connectivity index (χ2n) is 8.62. The first-order valence-electron chi connectivity index (χ1n) is 10.5. The molecule has 0 aromatic carbocycles. The number of hydrogen-bond donors (Lipinski definition) is 1. The Kier molecular flexibility index (Phi) is 4.66. The first-order valence-corrected chi connectivity index (χ1v) is 10.5. The zero-order valence-electron chi connectivity index (χ0n) is 16.5. The molecule has 0 spiro atoms. The van der Waals surface area contributed by atoms with Gasteiger partial charge in [0.15, 0.2) is 0 Å². The maximum Gasteiger partial charge on any atom is 0.227 e. The quantitative estimate of drug-likeness (QED) is 0.865. The van der Waals surface area contributed by atoms with E-state index in [1.54, 1.807) is 12.7 Å². The van der Waals surface area contributed by atoms with Crippen molar-refractivity contribution >= 4 is 11.8 Å². The third-order valence-electron chi connectivity index (χ3n) is 6.68. The van der Waals surface area contributed by atoms with E-state index in [0.29, 0.717) is 11.8 Å². The molecule has 0 bridgehead atoms. The zero-order valence-corrected chi connectivity index (χ0v) is 16.5. The van der Waals surface area contributed by atoms with E-state index in [2.05, 4.69) is 32.9 Å². The summed E-state index contributed by atoms with van der Waals surface area (Å²) in [5, 5.41) is 14.9. The molecule has 2 aromatic rings. The van der Waals surface area contributed by atoms with Crippen molar-refractivity contribution in [2.45, 2.75) is 51.2 Å². The monoisotopic (exact) mass is 383 g/mol. The van der Waals surface area contributed by atoms with Crippen LogP contribution in [0, 0.1) is 18.8 Å². The summed E-state index contributed by atoms with van der Waals surface area (Å²) in [5.41, 5.74) is 1.03. The molecule has 0 amide bonds. The molecule has 0 radical (unpaired) electrons. The van der Waals surface area contributed by atoms with E-state index in [1.807, 2.05) is 4.68 Å². The SMILES string of the molecule is Cc1cc(N2C[C@H]3C[C@@H](n4cncn4)[C@H](O)C[C@H]3C2)nc(N2CCCCC2)n1. The van der Waals surface area contributed by atoms with Gasteiger partial charge in [0.25, 0.3) is 0 Å². The van der Waals surface area contributed by atoms with E-state index < -0.39 is 0 Å². The molecule has 4 atom stereocenters. The fourth-order valence-electron chi connectivity index (χ4n) is 5.20. The Hall–Kier alpha value is -2.22. The molecule has 4 heterocycles. The van der Waals surface area contributed by atoms with Crippen molar-refractivity contribution in [3.05, 3.63) is 24.4 Å². The van der Waals surface area contributed by atoms with Crippen LogP contribution in [0.2, 0.25) is 0 Å². The first-order chi connectivity index (χ1) is 13.7. The Balaban J connectivity index is 1.34. The minimum Gasteiger partial charge on any atom is -0.391 e. The number of aliphatic hydroxyl groups is 1. The molecule has 150 valence electrons. The lowest BCUT2D eigenvalue weighted by Gasteiger charge is -2.34. The number of fused-ring (bicyclic) bond motifs is 1. The number of anilines is 2. The number of piperidine rings is 1. The van der Waals surface area contributed by atoms with Crippen LogP contribution in [0.25, 0.3) is 0 Å². The van der Waals surface area contributed by atoms with Crippen molar-refractivity contribution < 1.29 is 5.11 Å². The van der Waals surface area contributed by atoms with Crippen molar-refractivity contribution in [2.24, 2.45) is 11.8 Å². The van der Waals surface area contributed by atoms with E-state index in [4.69, 9.17) is 9.97 Å². The van der Waals surface area contributed by atoms with Crippen LogP contribution in [0.1, 0.15) is 43.8 Å². The highest BCUT2D eigenvalue weighted by Gasteiger charge is 2.43. The summed E-state index contributed by atoms with van der Waals surface area (Å²) in [6.45, 7) is 6.12. The summed E-state index contributed by atoms with van der Waals surface area (Å²) in [5.74, 6) is 2.97. The number of hydrogen-bond acceptors (Lipinski definition) is 7. The van der Waals surface area contributed by atoms with Gasteiger partial charge in [-0.25, -0.2) is 14.6 Å². The van der Waals surface area contributed by atoms with E-state index >= 15 is 0 Å². The number of aromatic nitrogens is 5. The van der Waals surface area contributed by atoms with Gasteiger partial charge in [0, 0.05) is 37.9 Å². The normalized spacial score (nSPS) is 30.5. The fraction of sp³-hybridized carbons (Fsp3) is 0.700. The minimum atomic E-state index is -0.362. The molecule has 0 unspecified atom stereocenters. The second kappa shape index (κ2) is 7.31. The first kappa shape index (κ1) is 17.8. The van der Waals surface area contributed by atoms with Crippen LogP contribution in [0.3, 0.4) is 0 Å². The van der Waals surface area contributed by atoms with Gasteiger partial charge in [-0.2, -0.15) is 10.1 Å². The smallest absolute Gasteiger partial charge is 0.227 e. The Morgan fingerprint density at radius 3 is 2.54 bits per heavy atom. The molecule has 3 fully saturated rings. The molecular formula is C20H29N7O. The second-order valence-corrected chi connectivity index (χ2v) is 8.62. The van der Waals surface area contributed by atoms with Gasteiger partial charge in [-0.15, -0.1) is 0 Å². The number of nitrogens with zero attached hydrogens (tertiary/aromatic N) is 7. The molecular weight excluding hydrogens is 354 g/mol.